The summed E-state index contributed by atoms with van der Waals surface area (Å²) in [5.41, 5.74) is 0.551. The Labute approximate surface area is 121 Å². The van der Waals surface area contributed by atoms with E-state index in [9.17, 15) is 9.59 Å². The van der Waals surface area contributed by atoms with E-state index in [0.717, 1.165) is 11.3 Å². The Morgan fingerprint density at radius 2 is 2.30 bits per heavy atom. The van der Waals surface area contributed by atoms with Crippen molar-refractivity contribution in [2.75, 3.05) is 33.3 Å². The molecule has 20 heavy (non-hydrogen) atoms. The lowest BCUT2D eigenvalue weighted by Crippen LogP contribution is -2.37. The molecule has 0 bridgehead atoms. The minimum atomic E-state index is -0.200. The molecule has 1 aliphatic rings. The summed E-state index contributed by atoms with van der Waals surface area (Å²) in [5, 5.41) is 10.4. The molecular formula is C14H16N2O3S. The summed E-state index contributed by atoms with van der Waals surface area (Å²) >= 11 is 1.36. The Balaban J connectivity index is 2.10. The van der Waals surface area contributed by atoms with Gasteiger partial charge in [0.2, 0.25) is 5.91 Å². The number of thiophene rings is 1. The minimum absolute atomic E-state index is 0.0358. The lowest BCUT2D eigenvalue weighted by Gasteiger charge is -2.19. The maximum atomic E-state index is 12.4. The van der Waals surface area contributed by atoms with Gasteiger partial charge in [0.15, 0.2) is 0 Å². The molecule has 1 aromatic heterocycles. The number of rotatable bonds is 1. The van der Waals surface area contributed by atoms with Crippen LogP contribution < -0.4 is 0 Å². The van der Waals surface area contributed by atoms with Gasteiger partial charge in [-0.15, -0.1) is 11.3 Å². The van der Waals surface area contributed by atoms with E-state index < -0.39 is 0 Å². The van der Waals surface area contributed by atoms with Gasteiger partial charge < -0.3 is 14.9 Å². The van der Waals surface area contributed by atoms with Gasteiger partial charge in [0.25, 0.3) is 5.91 Å². The van der Waals surface area contributed by atoms with Gasteiger partial charge in [-0.1, -0.05) is 11.8 Å². The number of carbonyl (C=O) groups excluding carboxylic acids is 2. The molecule has 1 N–H and O–H groups in total. The molecule has 106 valence electrons. The zero-order chi connectivity index (χ0) is 14.5. The smallest absolute Gasteiger partial charge is 0.255 e. The van der Waals surface area contributed by atoms with E-state index in [4.69, 9.17) is 5.11 Å². The second-order valence-corrected chi connectivity index (χ2v) is 5.47. The van der Waals surface area contributed by atoms with Gasteiger partial charge in [-0.3, -0.25) is 9.59 Å². The van der Waals surface area contributed by atoms with Crippen molar-refractivity contribution in [3.05, 3.63) is 21.9 Å². The van der Waals surface area contributed by atoms with Crippen LogP contribution in [0, 0.1) is 11.8 Å². The Kier molecular flexibility index (Phi) is 4.77. The lowest BCUT2D eigenvalue weighted by atomic mass is 10.2. The highest BCUT2D eigenvalue weighted by Crippen LogP contribution is 2.16. The third-order valence-corrected chi connectivity index (χ3v) is 3.94. The molecular weight excluding hydrogens is 276 g/mol. The summed E-state index contributed by atoms with van der Waals surface area (Å²) in [6, 6.07) is 1.70. The van der Waals surface area contributed by atoms with Crippen molar-refractivity contribution < 1.29 is 14.7 Å². The Morgan fingerprint density at radius 1 is 1.50 bits per heavy atom. The van der Waals surface area contributed by atoms with Crippen molar-refractivity contribution in [3.8, 4) is 11.8 Å². The van der Waals surface area contributed by atoms with Crippen LogP contribution in [0.15, 0.2) is 11.4 Å². The van der Waals surface area contributed by atoms with Crippen molar-refractivity contribution in [2.45, 2.75) is 6.42 Å². The molecule has 0 unspecified atom stereocenters. The molecule has 2 rings (SSSR count). The largest absolute Gasteiger partial charge is 0.384 e. The SMILES string of the molecule is CN1CCCN(C(=O)c2csc(C#CCO)c2)CC1=O. The summed E-state index contributed by atoms with van der Waals surface area (Å²) in [5.74, 6) is 5.15. The zero-order valence-corrected chi connectivity index (χ0v) is 12.1. The minimum Gasteiger partial charge on any atom is -0.384 e. The first kappa shape index (κ1) is 14.6. The number of carbonyl (C=O) groups is 2. The number of aliphatic hydroxyl groups excluding tert-OH is 1. The zero-order valence-electron chi connectivity index (χ0n) is 11.3. The summed E-state index contributed by atoms with van der Waals surface area (Å²) < 4.78 is 0. The Bertz CT molecular complexity index is 570. The fourth-order valence-corrected chi connectivity index (χ4v) is 2.73. The summed E-state index contributed by atoms with van der Waals surface area (Å²) in [7, 11) is 1.75. The van der Waals surface area contributed by atoms with Crippen LogP contribution in [0.2, 0.25) is 0 Å². The van der Waals surface area contributed by atoms with Gasteiger partial charge in [-0.2, -0.15) is 0 Å². The van der Waals surface area contributed by atoms with Gasteiger partial charge in [-0.25, -0.2) is 0 Å². The van der Waals surface area contributed by atoms with Crippen LogP contribution >= 0.6 is 11.3 Å². The molecule has 0 atom stereocenters. The second kappa shape index (κ2) is 6.55. The van der Waals surface area contributed by atoms with Crippen LogP contribution in [0.5, 0.6) is 0 Å². The topological polar surface area (TPSA) is 60.9 Å². The van der Waals surface area contributed by atoms with Crippen LogP contribution in [-0.4, -0.2) is 60.0 Å². The predicted molar refractivity (Wildman–Crippen MR) is 76.4 cm³/mol. The maximum Gasteiger partial charge on any atom is 0.255 e. The summed E-state index contributed by atoms with van der Waals surface area (Å²) in [6.07, 6.45) is 0.787. The Hall–Kier alpha value is -1.84. The molecule has 0 radical (unpaired) electrons. The van der Waals surface area contributed by atoms with E-state index in [0.29, 0.717) is 18.7 Å². The molecule has 0 aliphatic carbocycles. The molecule has 2 amide bonds. The molecule has 1 aliphatic heterocycles. The van der Waals surface area contributed by atoms with E-state index in [1.807, 2.05) is 0 Å². The van der Waals surface area contributed by atoms with Crippen molar-refractivity contribution in [1.29, 1.82) is 0 Å². The Morgan fingerprint density at radius 3 is 3.05 bits per heavy atom. The van der Waals surface area contributed by atoms with Crippen molar-refractivity contribution in [3.63, 3.8) is 0 Å². The first-order chi connectivity index (χ1) is 9.61. The molecule has 2 heterocycles. The number of hydrogen-bond donors (Lipinski definition) is 1. The first-order valence-corrected chi connectivity index (χ1v) is 7.21. The molecule has 1 saturated heterocycles. The lowest BCUT2D eigenvalue weighted by molar-refractivity contribution is -0.129. The fraction of sp³-hybridized carbons (Fsp3) is 0.429. The van der Waals surface area contributed by atoms with E-state index in [1.165, 1.54) is 11.3 Å². The maximum absolute atomic E-state index is 12.4. The van der Waals surface area contributed by atoms with Gasteiger partial charge in [-0.05, 0) is 12.5 Å². The molecule has 6 heteroatoms. The number of nitrogens with zero attached hydrogens (tertiary/aromatic N) is 2. The van der Waals surface area contributed by atoms with Crippen LogP contribution in [0.3, 0.4) is 0 Å². The average molecular weight is 292 g/mol. The standard InChI is InChI=1S/C14H16N2O3S/c1-15-5-3-6-16(9-13(15)18)14(19)11-8-12(20-10-11)4-2-7-17/h8,10,17H,3,5-7,9H2,1H3. The van der Waals surface area contributed by atoms with E-state index >= 15 is 0 Å². The van der Waals surface area contributed by atoms with E-state index in [1.54, 1.807) is 28.3 Å². The van der Waals surface area contributed by atoms with Crippen molar-refractivity contribution in [2.24, 2.45) is 0 Å². The third-order valence-electron chi connectivity index (χ3n) is 3.10. The quantitative estimate of drug-likeness (QED) is 0.762. The van der Waals surface area contributed by atoms with Crippen LogP contribution in [0.4, 0.5) is 0 Å². The highest BCUT2D eigenvalue weighted by molar-refractivity contribution is 7.10. The van der Waals surface area contributed by atoms with Gasteiger partial charge in [0, 0.05) is 25.5 Å². The number of amides is 2. The monoisotopic (exact) mass is 292 g/mol. The fourth-order valence-electron chi connectivity index (χ4n) is 1.98. The summed E-state index contributed by atoms with van der Waals surface area (Å²) in [4.78, 5) is 28.1. The molecule has 0 spiro atoms. The van der Waals surface area contributed by atoms with Crippen LogP contribution in [0.25, 0.3) is 0 Å². The van der Waals surface area contributed by atoms with Crippen LogP contribution in [-0.2, 0) is 4.79 Å². The summed E-state index contributed by atoms with van der Waals surface area (Å²) in [6.45, 7) is 1.19. The molecule has 1 fully saturated rings. The van der Waals surface area contributed by atoms with Gasteiger partial charge in [0.1, 0.15) is 13.2 Å². The second-order valence-electron chi connectivity index (χ2n) is 4.56. The number of likely N-dealkylation sites (N-methyl/N-ethyl adjacent to an activating group) is 1. The normalized spacial score (nSPS) is 15.6. The van der Waals surface area contributed by atoms with Crippen molar-refractivity contribution >= 4 is 23.2 Å². The third kappa shape index (κ3) is 3.38. The predicted octanol–water partition coefficient (Wildman–Crippen LogP) is 0.396. The number of hydrogen-bond acceptors (Lipinski definition) is 4. The van der Waals surface area contributed by atoms with Crippen molar-refractivity contribution in [1.82, 2.24) is 9.80 Å². The highest BCUT2D eigenvalue weighted by atomic mass is 32.1. The number of aliphatic hydroxyl groups is 1. The van der Waals surface area contributed by atoms with Gasteiger partial charge in [0.05, 0.1) is 10.4 Å². The van der Waals surface area contributed by atoms with E-state index in [2.05, 4.69) is 11.8 Å². The van der Waals surface area contributed by atoms with Gasteiger partial charge >= 0.3 is 0 Å². The molecule has 1 aromatic rings. The molecule has 0 saturated carbocycles. The van der Waals surface area contributed by atoms with Crippen LogP contribution in [0.1, 0.15) is 21.7 Å². The molecule has 5 nitrogen and oxygen atoms in total. The average Bonchev–Trinajstić information content (AvgIpc) is 2.84. The highest BCUT2D eigenvalue weighted by Gasteiger charge is 2.24. The first-order valence-electron chi connectivity index (χ1n) is 6.33. The van der Waals surface area contributed by atoms with E-state index in [-0.39, 0.29) is 25.0 Å². The molecule has 0 aromatic carbocycles.